The van der Waals surface area contributed by atoms with Gasteiger partial charge in [0, 0.05) is 35.9 Å². The van der Waals surface area contributed by atoms with Gasteiger partial charge in [0.2, 0.25) is 0 Å². The van der Waals surface area contributed by atoms with Crippen LogP contribution in [-0.2, 0) is 15.1 Å². The summed E-state index contributed by atoms with van der Waals surface area (Å²) >= 11 is 0. The first-order valence-electron chi connectivity index (χ1n) is 17.0. The maximum Gasteiger partial charge on any atom is 0.264 e. The molecular formula is C40H50N2O5Si. The van der Waals surface area contributed by atoms with Gasteiger partial charge in [0.25, 0.3) is 11.8 Å². The summed E-state index contributed by atoms with van der Waals surface area (Å²) in [6, 6.07) is 23.1. The molecule has 1 saturated heterocycles. The Morgan fingerprint density at radius 2 is 1.75 bits per heavy atom. The van der Waals surface area contributed by atoms with E-state index in [0.717, 1.165) is 29.8 Å². The molecule has 2 heterocycles. The second-order valence-electron chi connectivity index (χ2n) is 14.0. The van der Waals surface area contributed by atoms with E-state index in [1.54, 1.807) is 19.2 Å². The van der Waals surface area contributed by atoms with Crippen molar-refractivity contribution in [3.8, 4) is 5.75 Å². The number of hydrogen-bond acceptors (Lipinski definition) is 5. The highest BCUT2D eigenvalue weighted by Crippen LogP contribution is 2.60. The number of rotatable bonds is 12. The van der Waals surface area contributed by atoms with Crippen molar-refractivity contribution in [1.82, 2.24) is 0 Å². The van der Waals surface area contributed by atoms with Gasteiger partial charge in [-0.15, -0.1) is 0 Å². The number of carbonyl (C=O) groups is 2. The number of carbonyl (C=O) groups excluding carboxylic acids is 2. The number of aliphatic hydroxyl groups excluding tert-OH is 1. The minimum Gasteiger partial charge on any atom is -0.497 e. The van der Waals surface area contributed by atoms with Crippen molar-refractivity contribution in [2.45, 2.75) is 77.3 Å². The molecule has 2 N–H and O–H groups in total. The second kappa shape index (κ2) is 14.6. The van der Waals surface area contributed by atoms with Gasteiger partial charge in [-0.2, -0.15) is 0 Å². The lowest BCUT2D eigenvalue weighted by molar-refractivity contribution is -0.146. The van der Waals surface area contributed by atoms with Gasteiger partial charge in [-0.1, -0.05) is 78.8 Å². The standard InChI is InChI=1S/C40H50N2O5Si/c1-27(2)12-11-13-28(3)22-24-42-35-21-16-31(41-38(44)30-14-9-8-10-15-30)26-34(35)40(39(42)45)29(4)37(36(47-40)23-25-43)48(6,7)33-19-17-32(46-5)18-20-33/h8-10,12,14-22,26,29,36-37,43H,11,13,23-25H2,1-7H3,(H,41,44)/b28-22+/t29-,36+,37-,40+/m0/s1. The highest BCUT2D eigenvalue weighted by molar-refractivity contribution is 6.91. The number of ether oxygens (including phenoxy) is 2. The van der Waals surface area contributed by atoms with Crippen LogP contribution >= 0.6 is 0 Å². The summed E-state index contributed by atoms with van der Waals surface area (Å²) in [5.41, 5.74) is 4.02. The average Bonchev–Trinajstić information content (AvgIpc) is 3.50. The molecule has 0 unspecified atom stereocenters. The Morgan fingerprint density at radius 1 is 1.04 bits per heavy atom. The Labute approximate surface area is 286 Å². The molecule has 0 aromatic heterocycles. The summed E-state index contributed by atoms with van der Waals surface area (Å²) < 4.78 is 12.5. The Bertz CT molecular complexity index is 1680. The highest BCUT2D eigenvalue weighted by Gasteiger charge is 2.66. The third-order valence-corrected chi connectivity index (χ3v) is 14.6. The molecule has 5 rings (SSSR count). The van der Waals surface area contributed by atoms with E-state index in [9.17, 15) is 14.7 Å². The Hall–Kier alpha value is -3.98. The molecule has 254 valence electrons. The fourth-order valence-corrected chi connectivity index (χ4v) is 11.8. The first-order valence-corrected chi connectivity index (χ1v) is 20.1. The van der Waals surface area contributed by atoms with E-state index in [2.05, 4.69) is 70.4 Å². The van der Waals surface area contributed by atoms with Gasteiger partial charge >= 0.3 is 0 Å². The lowest BCUT2D eigenvalue weighted by atomic mass is 9.82. The van der Waals surface area contributed by atoms with Crippen molar-refractivity contribution in [3.63, 3.8) is 0 Å². The van der Waals surface area contributed by atoms with E-state index in [1.165, 1.54) is 16.3 Å². The van der Waals surface area contributed by atoms with E-state index in [0.29, 0.717) is 24.2 Å². The zero-order chi connectivity index (χ0) is 34.6. The molecule has 4 atom stereocenters. The summed E-state index contributed by atoms with van der Waals surface area (Å²) in [6.07, 6.45) is 6.36. The molecule has 3 aromatic carbocycles. The van der Waals surface area contributed by atoms with Crippen molar-refractivity contribution in [3.05, 3.63) is 107 Å². The zero-order valence-electron chi connectivity index (χ0n) is 29.4. The lowest BCUT2D eigenvalue weighted by Gasteiger charge is -2.37. The summed E-state index contributed by atoms with van der Waals surface area (Å²) in [7, 11) is -0.643. The van der Waals surface area contributed by atoms with E-state index in [-0.39, 0.29) is 36.0 Å². The van der Waals surface area contributed by atoms with Crippen molar-refractivity contribution in [1.29, 1.82) is 0 Å². The number of amides is 2. The van der Waals surface area contributed by atoms with Crippen LogP contribution in [-0.4, -0.2) is 51.4 Å². The molecule has 0 aliphatic carbocycles. The Balaban J connectivity index is 1.57. The second-order valence-corrected chi connectivity index (χ2v) is 18.7. The summed E-state index contributed by atoms with van der Waals surface area (Å²) in [6.45, 7) is 13.5. The molecular weight excluding hydrogens is 617 g/mol. The number of nitrogens with zero attached hydrogens (tertiary/aromatic N) is 1. The van der Waals surface area contributed by atoms with Crippen molar-refractivity contribution >= 4 is 36.4 Å². The monoisotopic (exact) mass is 666 g/mol. The predicted molar refractivity (Wildman–Crippen MR) is 197 cm³/mol. The maximum atomic E-state index is 14.9. The average molecular weight is 667 g/mol. The van der Waals surface area contributed by atoms with Gasteiger partial charge in [-0.3, -0.25) is 9.59 Å². The van der Waals surface area contributed by atoms with Crippen LogP contribution in [0.5, 0.6) is 5.75 Å². The molecule has 7 nitrogen and oxygen atoms in total. The van der Waals surface area contributed by atoms with Gasteiger partial charge < -0.3 is 24.8 Å². The molecule has 2 aliphatic rings. The van der Waals surface area contributed by atoms with Crippen molar-refractivity contribution in [2.24, 2.45) is 5.92 Å². The first-order chi connectivity index (χ1) is 22.9. The summed E-state index contributed by atoms with van der Waals surface area (Å²) in [5, 5.41) is 14.5. The predicted octanol–water partition coefficient (Wildman–Crippen LogP) is 7.59. The van der Waals surface area contributed by atoms with E-state index in [1.807, 2.05) is 53.4 Å². The van der Waals surface area contributed by atoms with E-state index in [4.69, 9.17) is 9.47 Å². The van der Waals surface area contributed by atoms with Crippen molar-refractivity contribution < 1.29 is 24.2 Å². The zero-order valence-corrected chi connectivity index (χ0v) is 30.4. The van der Waals surface area contributed by atoms with Gasteiger partial charge in [-0.25, -0.2) is 0 Å². The van der Waals surface area contributed by atoms with Crippen LogP contribution in [0.25, 0.3) is 0 Å². The molecule has 8 heteroatoms. The minimum atomic E-state index is -2.31. The number of allylic oxidation sites excluding steroid dienone is 3. The van der Waals surface area contributed by atoms with Crippen LogP contribution in [0.2, 0.25) is 18.6 Å². The topological polar surface area (TPSA) is 88.1 Å². The molecule has 0 saturated carbocycles. The van der Waals surface area contributed by atoms with Crippen LogP contribution in [0.4, 0.5) is 11.4 Å². The summed E-state index contributed by atoms with van der Waals surface area (Å²) in [4.78, 5) is 30.0. The quantitative estimate of drug-likeness (QED) is 0.154. The number of fused-ring (bicyclic) bond motifs is 2. The van der Waals surface area contributed by atoms with Crippen LogP contribution in [0.15, 0.2) is 96.1 Å². The van der Waals surface area contributed by atoms with E-state index < -0.39 is 13.7 Å². The Kier molecular flexibility index (Phi) is 10.8. The van der Waals surface area contributed by atoms with Crippen molar-refractivity contribution in [2.75, 3.05) is 30.5 Å². The number of hydrogen-bond donors (Lipinski definition) is 2. The largest absolute Gasteiger partial charge is 0.497 e. The lowest BCUT2D eigenvalue weighted by Crippen LogP contribution is -2.51. The smallest absolute Gasteiger partial charge is 0.264 e. The van der Waals surface area contributed by atoms with Gasteiger partial charge in [0.1, 0.15) is 5.75 Å². The highest BCUT2D eigenvalue weighted by atomic mass is 28.3. The SMILES string of the molecule is COc1ccc([Si](C)(C)[C@@H]2[C@@H](CCO)O[C@]3(C(=O)N(C/C=C(\C)CCC=C(C)C)c4ccc(NC(=O)c5ccccc5)cc43)[C@H]2C)cc1. The molecule has 1 fully saturated rings. The molecule has 2 amide bonds. The molecule has 0 bridgehead atoms. The fourth-order valence-electron chi connectivity index (χ4n) is 7.70. The number of nitrogens with one attached hydrogen (secondary N) is 1. The normalized spacial score (nSPS) is 22.2. The number of benzene rings is 3. The third kappa shape index (κ3) is 6.79. The van der Waals surface area contributed by atoms with Crippen LogP contribution in [0, 0.1) is 5.92 Å². The maximum absolute atomic E-state index is 14.9. The molecule has 48 heavy (non-hydrogen) atoms. The van der Waals surface area contributed by atoms with Gasteiger partial charge in [0.15, 0.2) is 5.60 Å². The minimum absolute atomic E-state index is 0.0266. The molecule has 2 aliphatic heterocycles. The first kappa shape index (κ1) is 35.3. The molecule has 3 aromatic rings. The number of aliphatic hydroxyl groups is 1. The van der Waals surface area contributed by atoms with Crippen LogP contribution < -0.4 is 20.1 Å². The van der Waals surface area contributed by atoms with Gasteiger partial charge in [0.05, 0.1) is 27.0 Å². The van der Waals surface area contributed by atoms with Gasteiger partial charge in [-0.05, 0) is 88.0 Å². The molecule has 1 spiro atoms. The van der Waals surface area contributed by atoms with Crippen LogP contribution in [0.3, 0.4) is 0 Å². The van der Waals surface area contributed by atoms with E-state index >= 15 is 0 Å². The summed E-state index contributed by atoms with van der Waals surface area (Å²) in [5.74, 6) is 0.296. The Morgan fingerprint density at radius 3 is 2.40 bits per heavy atom. The van der Waals surface area contributed by atoms with Crippen LogP contribution in [0.1, 0.15) is 62.9 Å². The fraction of sp³-hybridized carbons (Fsp3) is 0.400. The number of methoxy groups -OCH3 is 1. The molecule has 0 radical (unpaired) electrons. The third-order valence-electron chi connectivity index (χ3n) is 10.3. The number of anilines is 2.